The van der Waals surface area contributed by atoms with E-state index in [-0.39, 0.29) is 5.91 Å². The SMILES string of the molecule is CCOc1cc(/C=C2/SC(=S)N(c3ccc(C)c(C)c3)C2=O)ccc1OCc1ccc2ccccc2c1. The highest BCUT2D eigenvalue weighted by Crippen LogP contribution is 2.38. The highest BCUT2D eigenvalue weighted by atomic mass is 32.2. The lowest BCUT2D eigenvalue weighted by molar-refractivity contribution is -0.113. The van der Waals surface area contributed by atoms with E-state index in [1.54, 1.807) is 4.90 Å². The molecule has 1 heterocycles. The molecule has 0 spiro atoms. The smallest absolute Gasteiger partial charge is 0.270 e. The number of thioether (sulfide) groups is 1. The normalized spacial score (nSPS) is 14.6. The van der Waals surface area contributed by atoms with Gasteiger partial charge in [0.05, 0.1) is 17.2 Å². The predicted octanol–water partition coefficient (Wildman–Crippen LogP) is 7.84. The first-order valence-corrected chi connectivity index (χ1v) is 13.4. The molecule has 4 nitrogen and oxygen atoms in total. The summed E-state index contributed by atoms with van der Waals surface area (Å²) in [6.45, 7) is 6.96. The zero-order chi connectivity index (χ0) is 25.9. The van der Waals surface area contributed by atoms with E-state index in [0.29, 0.717) is 33.9 Å². The van der Waals surface area contributed by atoms with Crippen LogP contribution < -0.4 is 14.4 Å². The number of benzene rings is 4. The number of fused-ring (bicyclic) bond motifs is 1. The van der Waals surface area contributed by atoms with Gasteiger partial charge in [0.15, 0.2) is 15.8 Å². The molecule has 4 aromatic carbocycles. The van der Waals surface area contributed by atoms with Gasteiger partial charge in [0.1, 0.15) is 6.61 Å². The lowest BCUT2D eigenvalue weighted by Gasteiger charge is -2.16. The molecule has 1 fully saturated rings. The third kappa shape index (κ3) is 5.41. The van der Waals surface area contributed by atoms with Crippen molar-refractivity contribution in [1.29, 1.82) is 0 Å². The van der Waals surface area contributed by atoms with Gasteiger partial charge in [-0.3, -0.25) is 9.69 Å². The average molecular weight is 526 g/mol. The Morgan fingerprint density at radius 1 is 0.865 bits per heavy atom. The van der Waals surface area contributed by atoms with Gasteiger partial charge in [0.2, 0.25) is 0 Å². The van der Waals surface area contributed by atoms with Crippen LogP contribution in [0.3, 0.4) is 0 Å². The molecule has 0 saturated carbocycles. The van der Waals surface area contributed by atoms with E-state index in [9.17, 15) is 4.79 Å². The maximum absolute atomic E-state index is 13.2. The van der Waals surface area contributed by atoms with Crippen LogP contribution >= 0.6 is 24.0 Å². The van der Waals surface area contributed by atoms with Gasteiger partial charge in [0.25, 0.3) is 5.91 Å². The number of ether oxygens (including phenoxy) is 2. The summed E-state index contributed by atoms with van der Waals surface area (Å²) in [6, 6.07) is 26.3. The van der Waals surface area contributed by atoms with Crippen LogP contribution in [0.2, 0.25) is 0 Å². The molecule has 1 aliphatic heterocycles. The number of nitrogens with zero attached hydrogens (tertiary/aromatic N) is 1. The molecule has 186 valence electrons. The van der Waals surface area contributed by atoms with E-state index < -0.39 is 0 Å². The van der Waals surface area contributed by atoms with Crippen molar-refractivity contribution in [3.8, 4) is 11.5 Å². The molecule has 0 atom stereocenters. The largest absolute Gasteiger partial charge is 0.490 e. The highest BCUT2D eigenvalue weighted by Gasteiger charge is 2.33. The van der Waals surface area contributed by atoms with Gasteiger partial charge in [-0.05, 0) is 90.2 Å². The van der Waals surface area contributed by atoms with Gasteiger partial charge < -0.3 is 9.47 Å². The van der Waals surface area contributed by atoms with E-state index in [1.165, 1.54) is 28.1 Å². The topological polar surface area (TPSA) is 38.8 Å². The summed E-state index contributed by atoms with van der Waals surface area (Å²) in [6.07, 6.45) is 1.86. The number of hydrogen-bond acceptors (Lipinski definition) is 5. The summed E-state index contributed by atoms with van der Waals surface area (Å²) in [5, 5.41) is 2.38. The maximum Gasteiger partial charge on any atom is 0.270 e. The summed E-state index contributed by atoms with van der Waals surface area (Å²) in [5.41, 5.74) is 5.02. The van der Waals surface area contributed by atoms with Gasteiger partial charge >= 0.3 is 0 Å². The average Bonchev–Trinajstić information content (AvgIpc) is 3.17. The van der Waals surface area contributed by atoms with Crippen LogP contribution in [0.15, 0.2) is 83.8 Å². The van der Waals surface area contributed by atoms with Crippen molar-refractivity contribution in [2.45, 2.75) is 27.4 Å². The first kappa shape index (κ1) is 25.1. The molecule has 1 amide bonds. The molecular formula is C31H27NO3S2. The summed E-state index contributed by atoms with van der Waals surface area (Å²) < 4.78 is 12.5. The molecule has 0 unspecified atom stereocenters. The lowest BCUT2D eigenvalue weighted by Crippen LogP contribution is -2.27. The molecule has 1 saturated heterocycles. The number of hydrogen-bond donors (Lipinski definition) is 0. The summed E-state index contributed by atoms with van der Waals surface area (Å²) >= 11 is 6.86. The van der Waals surface area contributed by atoms with E-state index >= 15 is 0 Å². The predicted molar refractivity (Wildman–Crippen MR) is 157 cm³/mol. The Kier molecular flexibility index (Phi) is 7.31. The standard InChI is InChI=1S/C31H27NO3S2/c1-4-34-28-17-22(11-14-27(28)35-19-23-10-12-24-7-5-6-8-25(24)16-23)18-29-30(33)32(31(36)37-29)26-13-9-20(2)21(3)15-26/h5-18H,4,19H2,1-3H3/b29-18+. The fourth-order valence-corrected chi connectivity index (χ4v) is 5.50. The van der Waals surface area contributed by atoms with Gasteiger partial charge in [0, 0.05) is 0 Å². The van der Waals surface area contributed by atoms with Gasteiger partial charge in [-0.15, -0.1) is 0 Å². The van der Waals surface area contributed by atoms with Gasteiger partial charge in [-0.2, -0.15) is 0 Å². The molecule has 4 aromatic rings. The van der Waals surface area contributed by atoms with Crippen LogP contribution in [0.4, 0.5) is 5.69 Å². The fourth-order valence-electron chi connectivity index (χ4n) is 4.20. The Morgan fingerprint density at radius 2 is 1.68 bits per heavy atom. The molecule has 37 heavy (non-hydrogen) atoms. The highest BCUT2D eigenvalue weighted by molar-refractivity contribution is 8.27. The lowest BCUT2D eigenvalue weighted by atomic mass is 10.1. The molecule has 0 aliphatic carbocycles. The summed E-state index contributed by atoms with van der Waals surface area (Å²) in [7, 11) is 0. The Labute approximate surface area is 226 Å². The van der Waals surface area contributed by atoms with Crippen LogP contribution in [-0.2, 0) is 11.4 Å². The Morgan fingerprint density at radius 3 is 2.46 bits per heavy atom. The van der Waals surface area contributed by atoms with Crippen LogP contribution in [0.5, 0.6) is 11.5 Å². The van der Waals surface area contributed by atoms with E-state index in [2.05, 4.69) is 37.3 Å². The Hall–Kier alpha value is -3.61. The molecule has 0 radical (unpaired) electrons. The molecular weight excluding hydrogens is 498 g/mol. The first-order valence-electron chi connectivity index (χ1n) is 12.2. The third-order valence-electron chi connectivity index (χ3n) is 6.32. The van der Waals surface area contributed by atoms with Crippen LogP contribution in [-0.4, -0.2) is 16.8 Å². The Bertz CT molecular complexity index is 1540. The molecule has 0 N–H and O–H groups in total. The van der Waals surface area contributed by atoms with Crippen LogP contribution in [0.25, 0.3) is 16.8 Å². The van der Waals surface area contributed by atoms with Crippen molar-refractivity contribution in [2.24, 2.45) is 0 Å². The van der Waals surface area contributed by atoms with E-state index in [1.807, 2.05) is 68.5 Å². The number of carbonyl (C=O) groups is 1. The number of rotatable bonds is 7. The first-order chi connectivity index (χ1) is 17.9. The van der Waals surface area contributed by atoms with Crippen LogP contribution in [0, 0.1) is 13.8 Å². The number of carbonyl (C=O) groups excluding carboxylic acids is 1. The number of aryl methyl sites for hydroxylation is 2. The monoisotopic (exact) mass is 525 g/mol. The minimum atomic E-state index is -0.118. The van der Waals surface area contributed by atoms with Crippen molar-refractivity contribution < 1.29 is 14.3 Å². The van der Waals surface area contributed by atoms with Crippen molar-refractivity contribution in [1.82, 2.24) is 0 Å². The Balaban J connectivity index is 1.36. The third-order valence-corrected chi connectivity index (χ3v) is 7.62. The second kappa shape index (κ2) is 10.8. The van der Waals surface area contributed by atoms with Crippen molar-refractivity contribution in [2.75, 3.05) is 11.5 Å². The van der Waals surface area contributed by atoms with Crippen molar-refractivity contribution in [3.05, 3.63) is 106 Å². The molecule has 5 rings (SSSR count). The van der Waals surface area contributed by atoms with E-state index in [0.717, 1.165) is 22.4 Å². The summed E-state index contributed by atoms with van der Waals surface area (Å²) in [4.78, 5) is 15.4. The van der Waals surface area contributed by atoms with Gasteiger partial charge in [-0.1, -0.05) is 72.5 Å². The van der Waals surface area contributed by atoms with E-state index in [4.69, 9.17) is 21.7 Å². The van der Waals surface area contributed by atoms with Gasteiger partial charge in [-0.25, -0.2) is 0 Å². The second-order valence-corrected chi connectivity index (χ2v) is 10.6. The zero-order valence-corrected chi connectivity index (χ0v) is 22.6. The number of anilines is 1. The molecule has 6 heteroatoms. The maximum atomic E-state index is 13.2. The zero-order valence-electron chi connectivity index (χ0n) is 21.0. The molecule has 1 aliphatic rings. The minimum absolute atomic E-state index is 0.118. The van der Waals surface area contributed by atoms with Crippen molar-refractivity contribution in [3.63, 3.8) is 0 Å². The van der Waals surface area contributed by atoms with Crippen LogP contribution in [0.1, 0.15) is 29.2 Å². The minimum Gasteiger partial charge on any atom is -0.490 e. The molecule has 0 aromatic heterocycles. The number of thiocarbonyl (C=S) groups is 1. The number of amides is 1. The fraction of sp³-hybridized carbons (Fsp3) is 0.161. The quantitative estimate of drug-likeness (QED) is 0.182. The summed E-state index contributed by atoms with van der Waals surface area (Å²) in [5.74, 6) is 1.18. The van der Waals surface area contributed by atoms with Crippen molar-refractivity contribution >= 4 is 56.7 Å². The molecule has 0 bridgehead atoms. The second-order valence-electron chi connectivity index (χ2n) is 8.90.